The maximum Gasteiger partial charge on any atom is 0.416 e. The minimum Gasteiger partial charge on any atom is -0.376 e. The molecule has 0 aliphatic carbocycles. The molecule has 3 heterocycles. The first kappa shape index (κ1) is 16.0. The van der Waals surface area contributed by atoms with Crippen molar-refractivity contribution in [1.82, 2.24) is 14.5 Å². The van der Waals surface area contributed by atoms with E-state index in [1.807, 2.05) is 29.0 Å². The predicted molar refractivity (Wildman–Crippen MR) is 86.3 cm³/mol. The average molecular weight is 347 g/mol. The van der Waals surface area contributed by atoms with Gasteiger partial charge >= 0.3 is 6.18 Å². The van der Waals surface area contributed by atoms with E-state index in [-0.39, 0.29) is 0 Å². The highest BCUT2D eigenvalue weighted by Crippen LogP contribution is 2.41. The Morgan fingerprint density at radius 2 is 1.88 bits per heavy atom. The number of ether oxygens (including phenoxy) is 1. The van der Waals surface area contributed by atoms with Crippen LogP contribution in [-0.4, -0.2) is 34.2 Å². The van der Waals surface area contributed by atoms with E-state index in [4.69, 9.17) is 4.74 Å². The molecule has 4 rings (SSSR count). The Hall–Kier alpha value is -2.54. The van der Waals surface area contributed by atoms with E-state index in [1.54, 1.807) is 24.7 Å². The Balaban J connectivity index is 1.71. The second-order valence-corrected chi connectivity index (χ2v) is 6.13. The number of halogens is 3. The molecule has 4 nitrogen and oxygen atoms in total. The largest absolute Gasteiger partial charge is 0.416 e. The molecule has 0 bridgehead atoms. The Labute approximate surface area is 142 Å². The molecule has 0 atom stereocenters. The number of nitrogens with zero attached hydrogens (tertiary/aromatic N) is 3. The van der Waals surface area contributed by atoms with E-state index in [0.29, 0.717) is 19.8 Å². The second kappa shape index (κ2) is 5.77. The topological polar surface area (TPSA) is 30.3 Å². The average Bonchev–Trinajstić information content (AvgIpc) is 3.08. The van der Waals surface area contributed by atoms with Crippen molar-refractivity contribution in [3.63, 3.8) is 0 Å². The van der Waals surface area contributed by atoms with E-state index in [0.717, 1.165) is 23.5 Å². The fraction of sp³-hybridized carbons (Fsp3) is 0.278. The van der Waals surface area contributed by atoms with Gasteiger partial charge in [-0.3, -0.25) is 4.57 Å². The van der Waals surface area contributed by atoms with Gasteiger partial charge in [0.2, 0.25) is 0 Å². The van der Waals surface area contributed by atoms with Gasteiger partial charge in [-0.05, 0) is 23.8 Å². The monoisotopic (exact) mass is 347 g/mol. The van der Waals surface area contributed by atoms with Crippen molar-refractivity contribution in [3.05, 3.63) is 72.3 Å². The molecule has 0 unspecified atom stereocenters. The van der Waals surface area contributed by atoms with Gasteiger partial charge in [-0.2, -0.15) is 13.2 Å². The highest BCUT2D eigenvalue weighted by atomic mass is 19.4. The summed E-state index contributed by atoms with van der Waals surface area (Å²) in [7, 11) is 0. The molecule has 1 fully saturated rings. The van der Waals surface area contributed by atoms with Crippen molar-refractivity contribution in [2.24, 2.45) is 0 Å². The van der Waals surface area contributed by atoms with Gasteiger partial charge in [-0.25, -0.2) is 4.98 Å². The van der Waals surface area contributed by atoms with E-state index in [2.05, 4.69) is 9.88 Å². The minimum absolute atomic E-state index is 0.429. The minimum atomic E-state index is -4.34. The molecule has 0 N–H and O–H groups in total. The molecule has 7 heteroatoms. The van der Waals surface area contributed by atoms with Gasteiger partial charge in [0.25, 0.3) is 0 Å². The van der Waals surface area contributed by atoms with Gasteiger partial charge in [0, 0.05) is 18.9 Å². The summed E-state index contributed by atoms with van der Waals surface area (Å²) in [6.07, 6.45) is 6.86. The maximum atomic E-state index is 12.9. The Morgan fingerprint density at radius 3 is 2.44 bits per heavy atom. The lowest BCUT2D eigenvalue weighted by atomic mass is 9.85. The number of hydrogen-bond donors (Lipinski definition) is 0. The number of hydrogen-bond acceptors (Lipinski definition) is 3. The van der Waals surface area contributed by atoms with Crippen LogP contribution in [0.3, 0.4) is 0 Å². The molecule has 2 aliphatic rings. The van der Waals surface area contributed by atoms with Crippen LogP contribution in [0.4, 0.5) is 13.2 Å². The molecule has 25 heavy (non-hydrogen) atoms. The fourth-order valence-electron chi connectivity index (χ4n) is 3.26. The summed E-state index contributed by atoms with van der Waals surface area (Å²) in [5.74, 6) is 0.920. The first-order valence-electron chi connectivity index (χ1n) is 7.89. The SMILES string of the molecule is FC(F)(F)c1ccc(C2(N3CC=CC=C3n3ccnc3)COC2)cc1. The molecule has 1 aromatic heterocycles. The van der Waals surface area contributed by atoms with Crippen LogP contribution in [0.2, 0.25) is 0 Å². The highest BCUT2D eigenvalue weighted by molar-refractivity contribution is 5.52. The zero-order valence-corrected chi connectivity index (χ0v) is 13.3. The van der Waals surface area contributed by atoms with Crippen molar-refractivity contribution in [1.29, 1.82) is 0 Å². The van der Waals surface area contributed by atoms with Crippen LogP contribution in [0.1, 0.15) is 11.1 Å². The summed E-state index contributed by atoms with van der Waals surface area (Å²) in [5.41, 5.74) is -0.311. The maximum absolute atomic E-state index is 12.9. The van der Waals surface area contributed by atoms with Crippen molar-refractivity contribution >= 4 is 5.82 Å². The van der Waals surface area contributed by atoms with Crippen LogP contribution in [0.5, 0.6) is 0 Å². The summed E-state index contributed by atoms with van der Waals surface area (Å²) >= 11 is 0. The molecular formula is C18H16F3N3O. The van der Waals surface area contributed by atoms with Crippen LogP contribution < -0.4 is 0 Å². The molecule has 1 saturated heterocycles. The molecule has 130 valence electrons. The standard InChI is InChI=1S/C18H16F3N3O/c19-18(20,21)15-6-4-14(5-7-15)17(11-25-12-17)24-9-2-1-3-16(24)23-10-8-22-13-23/h1-8,10,13H,9,11-12H2. The van der Waals surface area contributed by atoms with E-state index in [1.165, 1.54) is 0 Å². The number of rotatable bonds is 3. The van der Waals surface area contributed by atoms with Crippen LogP contribution in [0.15, 0.2) is 61.2 Å². The van der Waals surface area contributed by atoms with Crippen LogP contribution in [-0.2, 0) is 16.5 Å². The van der Waals surface area contributed by atoms with Crippen LogP contribution in [0, 0.1) is 0 Å². The molecular weight excluding hydrogens is 331 g/mol. The molecule has 0 radical (unpaired) electrons. The van der Waals surface area contributed by atoms with E-state index in [9.17, 15) is 13.2 Å². The van der Waals surface area contributed by atoms with Crippen molar-refractivity contribution < 1.29 is 17.9 Å². The van der Waals surface area contributed by atoms with Gasteiger partial charge < -0.3 is 9.64 Å². The second-order valence-electron chi connectivity index (χ2n) is 6.13. The van der Waals surface area contributed by atoms with E-state index >= 15 is 0 Å². The quantitative estimate of drug-likeness (QED) is 0.851. The third-order valence-electron chi connectivity index (χ3n) is 4.66. The van der Waals surface area contributed by atoms with Gasteiger partial charge in [0.15, 0.2) is 0 Å². The molecule has 1 aromatic carbocycles. The Morgan fingerprint density at radius 1 is 1.12 bits per heavy atom. The fourth-order valence-corrected chi connectivity index (χ4v) is 3.26. The van der Waals surface area contributed by atoms with Gasteiger partial charge in [0.1, 0.15) is 17.7 Å². The number of aromatic nitrogens is 2. The van der Waals surface area contributed by atoms with Crippen molar-refractivity contribution in [2.45, 2.75) is 11.7 Å². The summed E-state index contributed by atoms with van der Waals surface area (Å²) in [4.78, 5) is 6.24. The molecule has 0 amide bonds. The predicted octanol–water partition coefficient (Wildman–Crippen LogP) is 3.50. The lowest BCUT2D eigenvalue weighted by Gasteiger charge is -2.52. The Kier molecular flexibility index (Phi) is 3.68. The van der Waals surface area contributed by atoms with Gasteiger partial charge in [-0.15, -0.1) is 0 Å². The Bertz CT molecular complexity index is 803. The summed E-state index contributed by atoms with van der Waals surface area (Å²) < 4.78 is 45.9. The summed E-state index contributed by atoms with van der Waals surface area (Å²) in [6.45, 7) is 1.50. The van der Waals surface area contributed by atoms with Crippen molar-refractivity contribution in [2.75, 3.05) is 19.8 Å². The molecule has 0 saturated carbocycles. The third-order valence-corrected chi connectivity index (χ3v) is 4.66. The summed E-state index contributed by atoms with van der Waals surface area (Å²) in [6, 6.07) is 5.37. The number of allylic oxidation sites excluding steroid dienone is 2. The first-order valence-corrected chi connectivity index (χ1v) is 7.89. The third kappa shape index (κ3) is 2.64. The number of alkyl halides is 3. The number of imidazole rings is 1. The lowest BCUT2D eigenvalue weighted by Crippen LogP contribution is -2.59. The van der Waals surface area contributed by atoms with Crippen molar-refractivity contribution in [3.8, 4) is 0 Å². The van der Waals surface area contributed by atoms with Gasteiger partial charge in [0.05, 0.1) is 18.8 Å². The first-order chi connectivity index (χ1) is 12.0. The zero-order valence-electron chi connectivity index (χ0n) is 13.3. The zero-order chi connectivity index (χ0) is 17.5. The molecule has 0 spiro atoms. The summed E-state index contributed by atoms with van der Waals surface area (Å²) in [5, 5.41) is 0. The lowest BCUT2D eigenvalue weighted by molar-refractivity contribution is -0.138. The smallest absolute Gasteiger partial charge is 0.376 e. The van der Waals surface area contributed by atoms with Gasteiger partial charge in [-0.1, -0.05) is 24.3 Å². The van der Waals surface area contributed by atoms with E-state index < -0.39 is 17.3 Å². The molecule has 2 aromatic rings. The molecule has 2 aliphatic heterocycles. The van der Waals surface area contributed by atoms with Crippen LogP contribution in [0.25, 0.3) is 5.82 Å². The number of benzene rings is 1. The normalized spacial score (nSPS) is 19.5. The van der Waals surface area contributed by atoms with Crippen LogP contribution >= 0.6 is 0 Å². The highest BCUT2D eigenvalue weighted by Gasteiger charge is 2.47.